The maximum Gasteiger partial charge on any atom is 0.220 e. The van der Waals surface area contributed by atoms with E-state index in [1.165, 1.54) is 0 Å². The lowest BCUT2D eigenvalue weighted by molar-refractivity contribution is -0.121. The van der Waals surface area contributed by atoms with Crippen molar-refractivity contribution in [2.75, 3.05) is 11.5 Å². The molecule has 0 radical (unpaired) electrons. The zero-order valence-electron chi connectivity index (χ0n) is 12.9. The van der Waals surface area contributed by atoms with E-state index in [0.29, 0.717) is 29.5 Å². The monoisotopic (exact) mass is 368 g/mol. The maximum atomic E-state index is 11.9. The summed E-state index contributed by atoms with van der Waals surface area (Å²) in [6.07, 6.45) is 2.66. The molecule has 8 heteroatoms. The number of halogens is 1. The first-order valence-corrected chi connectivity index (χ1v) is 9.82. The largest absolute Gasteiger partial charge is 0.441 e. The summed E-state index contributed by atoms with van der Waals surface area (Å²) in [5.74, 6) is 1.06. The van der Waals surface area contributed by atoms with Crippen molar-refractivity contribution in [3.05, 3.63) is 41.4 Å². The molecule has 128 valence electrons. The predicted molar refractivity (Wildman–Crippen MR) is 90.5 cm³/mol. The Morgan fingerprint density at radius 3 is 2.75 bits per heavy atom. The smallest absolute Gasteiger partial charge is 0.220 e. The molecule has 1 saturated heterocycles. The highest BCUT2D eigenvalue weighted by Gasteiger charge is 2.28. The molecule has 3 rings (SSSR count). The maximum absolute atomic E-state index is 11.9. The average molecular weight is 369 g/mol. The molecule has 0 spiro atoms. The number of hydrogen-bond donors (Lipinski definition) is 1. The summed E-state index contributed by atoms with van der Waals surface area (Å²) in [5.41, 5.74) is 0.860. The Morgan fingerprint density at radius 1 is 1.33 bits per heavy atom. The van der Waals surface area contributed by atoms with Crippen molar-refractivity contribution >= 4 is 27.3 Å². The van der Waals surface area contributed by atoms with Gasteiger partial charge in [0.15, 0.2) is 21.5 Å². The third-order valence-electron chi connectivity index (χ3n) is 3.85. The molecule has 1 amide bonds. The lowest BCUT2D eigenvalue weighted by atomic mass is 10.2. The van der Waals surface area contributed by atoms with Gasteiger partial charge < -0.3 is 9.73 Å². The van der Waals surface area contributed by atoms with Crippen molar-refractivity contribution in [3.63, 3.8) is 0 Å². The molecule has 2 aromatic rings. The van der Waals surface area contributed by atoms with Crippen LogP contribution in [0.5, 0.6) is 0 Å². The van der Waals surface area contributed by atoms with E-state index in [1.54, 1.807) is 18.3 Å². The minimum Gasteiger partial charge on any atom is -0.441 e. The fourth-order valence-corrected chi connectivity index (χ4v) is 4.40. The molecular formula is C16H17ClN2O4S. The summed E-state index contributed by atoms with van der Waals surface area (Å²) >= 11 is 5.85. The fourth-order valence-electron chi connectivity index (χ4n) is 2.60. The highest BCUT2D eigenvalue weighted by Crippen LogP contribution is 2.22. The zero-order chi connectivity index (χ0) is 17.2. The topological polar surface area (TPSA) is 89.3 Å². The molecule has 0 bridgehead atoms. The zero-order valence-corrected chi connectivity index (χ0v) is 14.4. The second kappa shape index (κ2) is 6.94. The number of rotatable bonds is 5. The van der Waals surface area contributed by atoms with Crippen molar-refractivity contribution in [1.29, 1.82) is 0 Å². The fraction of sp³-hybridized carbons (Fsp3) is 0.375. The summed E-state index contributed by atoms with van der Waals surface area (Å²) in [6, 6.07) is 6.92. The molecule has 0 saturated carbocycles. The van der Waals surface area contributed by atoms with Crippen molar-refractivity contribution in [2.24, 2.45) is 0 Å². The lowest BCUT2D eigenvalue weighted by Gasteiger charge is -2.09. The van der Waals surface area contributed by atoms with E-state index in [4.69, 9.17) is 16.0 Å². The van der Waals surface area contributed by atoms with E-state index in [1.807, 2.05) is 12.1 Å². The van der Waals surface area contributed by atoms with Crippen molar-refractivity contribution in [1.82, 2.24) is 10.3 Å². The standard InChI is InChI=1S/C16H17ClN2O4S/c17-12-3-1-11(2-4-12)14-9-18-16(23-14)6-5-15(20)19-13-7-8-24(21,22)10-13/h1-4,9,13H,5-8,10H2,(H,19,20)/t13-/m1/s1. The van der Waals surface area contributed by atoms with Crippen LogP contribution >= 0.6 is 11.6 Å². The van der Waals surface area contributed by atoms with Gasteiger partial charge in [-0.15, -0.1) is 0 Å². The van der Waals surface area contributed by atoms with Gasteiger partial charge in [0.2, 0.25) is 5.91 Å². The van der Waals surface area contributed by atoms with Gasteiger partial charge in [0.25, 0.3) is 0 Å². The first-order valence-electron chi connectivity index (χ1n) is 7.62. The number of aromatic nitrogens is 1. The number of nitrogens with one attached hydrogen (secondary N) is 1. The van der Waals surface area contributed by atoms with Gasteiger partial charge in [-0.05, 0) is 30.7 Å². The summed E-state index contributed by atoms with van der Waals surface area (Å²) in [4.78, 5) is 16.1. The Kier molecular flexibility index (Phi) is 4.91. The highest BCUT2D eigenvalue weighted by atomic mass is 35.5. The van der Waals surface area contributed by atoms with Gasteiger partial charge in [-0.1, -0.05) is 11.6 Å². The van der Waals surface area contributed by atoms with Crippen LogP contribution in [-0.2, 0) is 21.1 Å². The number of sulfone groups is 1. The molecule has 2 heterocycles. The molecule has 24 heavy (non-hydrogen) atoms. The molecule has 6 nitrogen and oxygen atoms in total. The molecule has 1 aromatic carbocycles. The third-order valence-corrected chi connectivity index (χ3v) is 5.87. The minimum atomic E-state index is -2.99. The highest BCUT2D eigenvalue weighted by molar-refractivity contribution is 7.91. The number of aryl methyl sites for hydroxylation is 1. The molecule has 0 unspecified atom stereocenters. The van der Waals surface area contributed by atoms with Crippen LogP contribution in [-0.4, -0.2) is 36.9 Å². The van der Waals surface area contributed by atoms with Crippen LogP contribution < -0.4 is 5.32 Å². The van der Waals surface area contributed by atoms with Gasteiger partial charge in [0.1, 0.15) is 0 Å². The molecular weight excluding hydrogens is 352 g/mol. The van der Waals surface area contributed by atoms with Gasteiger partial charge in [-0.2, -0.15) is 0 Å². The first kappa shape index (κ1) is 17.0. The second-order valence-corrected chi connectivity index (χ2v) is 8.46. The van der Waals surface area contributed by atoms with Crippen molar-refractivity contribution < 1.29 is 17.6 Å². The van der Waals surface area contributed by atoms with E-state index in [0.717, 1.165) is 5.56 Å². The molecule has 0 aliphatic carbocycles. The van der Waals surface area contributed by atoms with Crippen LogP contribution in [0.1, 0.15) is 18.7 Å². The number of nitrogens with zero attached hydrogens (tertiary/aromatic N) is 1. The Morgan fingerprint density at radius 2 is 2.08 bits per heavy atom. The molecule has 1 atom stereocenters. The quantitative estimate of drug-likeness (QED) is 0.874. The molecule has 1 aliphatic rings. The summed E-state index contributed by atoms with van der Waals surface area (Å²) < 4.78 is 28.4. The number of hydrogen-bond acceptors (Lipinski definition) is 5. The third kappa shape index (κ3) is 4.36. The van der Waals surface area contributed by atoms with E-state index in [2.05, 4.69) is 10.3 Å². The van der Waals surface area contributed by atoms with Crippen LogP contribution in [0.15, 0.2) is 34.9 Å². The van der Waals surface area contributed by atoms with Gasteiger partial charge in [0, 0.05) is 29.5 Å². The SMILES string of the molecule is O=C(CCc1ncc(-c2ccc(Cl)cc2)o1)N[C@@H]1CCS(=O)(=O)C1. The summed E-state index contributed by atoms with van der Waals surface area (Å²) in [7, 11) is -2.99. The molecule has 1 aromatic heterocycles. The van der Waals surface area contributed by atoms with E-state index in [-0.39, 0.29) is 29.9 Å². The van der Waals surface area contributed by atoms with Crippen LogP contribution in [0, 0.1) is 0 Å². The van der Waals surface area contributed by atoms with E-state index < -0.39 is 9.84 Å². The number of amides is 1. The van der Waals surface area contributed by atoms with Crippen LogP contribution in [0.2, 0.25) is 5.02 Å². The van der Waals surface area contributed by atoms with Gasteiger partial charge in [-0.3, -0.25) is 4.79 Å². The lowest BCUT2D eigenvalue weighted by Crippen LogP contribution is -2.35. The first-order chi connectivity index (χ1) is 11.4. The van der Waals surface area contributed by atoms with Gasteiger partial charge >= 0.3 is 0 Å². The van der Waals surface area contributed by atoms with E-state index in [9.17, 15) is 13.2 Å². The molecule has 1 fully saturated rings. The second-order valence-electron chi connectivity index (χ2n) is 5.79. The number of carbonyl (C=O) groups is 1. The number of oxazole rings is 1. The Hall–Kier alpha value is -1.86. The predicted octanol–water partition coefficient (Wildman–Crippen LogP) is 2.23. The van der Waals surface area contributed by atoms with Crippen molar-refractivity contribution in [2.45, 2.75) is 25.3 Å². The minimum absolute atomic E-state index is 0.0262. The summed E-state index contributed by atoms with van der Waals surface area (Å²) in [5, 5.41) is 3.39. The molecule has 1 aliphatic heterocycles. The summed E-state index contributed by atoms with van der Waals surface area (Å²) in [6.45, 7) is 0. The Labute approximate surface area is 145 Å². The van der Waals surface area contributed by atoms with Gasteiger partial charge in [-0.25, -0.2) is 13.4 Å². The van der Waals surface area contributed by atoms with Gasteiger partial charge in [0.05, 0.1) is 17.7 Å². The van der Waals surface area contributed by atoms with Crippen LogP contribution in [0.25, 0.3) is 11.3 Å². The van der Waals surface area contributed by atoms with Crippen LogP contribution in [0.4, 0.5) is 0 Å². The number of benzene rings is 1. The Bertz CT molecular complexity index is 830. The normalized spacial score (nSPS) is 19.3. The van der Waals surface area contributed by atoms with Crippen molar-refractivity contribution in [3.8, 4) is 11.3 Å². The average Bonchev–Trinajstić information content (AvgIpc) is 3.12. The Balaban J connectivity index is 1.52. The molecule has 1 N–H and O–H groups in total. The van der Waals surface area contributed by atoms with E-state index >= 15 is 0 Å². The van der Waals surface area contributed by atoms with Crippen LogP contribution in [0.3, 0.4) is 0 Å². The number of carbonyl (C=O) groups excluding carboxylic acids is 1.